The number of fused-ring (bicyclic) bond motifs is 1. The number of hydrogen-bond donors (Lipinski definition) is 1. The first kappa shape index (κ1) is 21.4. The van der Waals surface area contributed by atoms with Gasteiger partial charge in [-0.15, -0.1) is 0 Å². The number of Topliss-reactive ketones (excluding diaryl/α,β-unsaturated/α-hetero) is 1. The van der Waals surface area contributed by atoms with Gasteiger partial charge in [0.15, 0.2) is 5.78 Å². The number of carbonyl (C=O) groups is 1. The molecule has 1 unspecified atom stereocenters. The van der Waals surface area contributed by atoms with Crippen molar-refractivity contribution in [1.29, 1.82) is 0 Å². The van der Waals surface area contributed by atoms with Crippen molar-refractivity contribution in [1.82, 2.24) is 0 Å². The molecule has 0 saturated carbocycles. The number of hydrogen-bond acceptors (Lipinski definition) is 4. The van der Waals surface area contributed by atoms with E-state index in [-0.39, 0.29) is 11.8 Å². The lowest BCUT2D eigenvalue weighted by Gasteiger charge is -2.21. The number of ketones is 1. The van der Waals surface area contributed by atoms with Gasteiger partial charge in [-0.2, -0.15) is 0 Å². The van der Waals surface area contributed by atoms with E-state index in [9.17, 15) is 4.79 Å². The largest absolute Gasteiger partial charge is 0.497 e. The lowest BCUT2D eigenvalue weighted by molar-refractivity contribution is 0.0976. The van der Waals surface area contributed by atoms with Gasteiger partial charge in [-0.25, -0.2) is 0 Å². The van der Waals surface area contributed by atoms with Crippen molar-refractivity contribution in [3.05, 3.63) is 102 Å². The normalized spacial score (nSPS) is 11.7. The summed E-state index contributed by atoms with van der Waals surface area (Å²) in [6.45, 7) is 2.59. The molecule has 0 fully saturated rings. The molecule has 32 heavy (non-hydrogen) atoms. The average molecular weight is 426 g/mol. The van der Waals surface area contributed by atoms with Gasteiger partial charge >= 0.3 is 0 Å². The fourth-order valence-electron chi connectivity index (χ4n) is 3.77. The number of anilines is 1. The Balaban J connectivity index is 1.59. The maximum Gasteiger partial charge on any atom is 0.165 e. The van der Waals surface area contributed by atoms with Crippen molar-refractivity contribution < 1.29 is 14.3 Å². The molecular weight excluding hydrogens is 398 g/mol. The minimum atomic E-state index is -0.183. The molecule has 4 rings (SSSR count). The molecule has 0 bridgehead atoms. The monoisotopic (exact) mass is 425 g/mol. The molecule has 1 atom stereocenters. The van der Waals surface area contributed by atoms with Crippen LogP contribution in [0.3, 0.4) is 0 Å². The quantitative estimate of drug-likeness (QED) is 0.304. The lowest BCUT2D eigenvalue weighted by atomic mass is 9.96. The first-order valence-corrected chi connectivity index (χ1v) is 10.8. The number of methoxy groups -OCH3 is 1. The molecule has 162 valence electrons. The summed E-state index contributed by atoms with van der Waals surface area (Å²) < 4.78 is 10.8. The number of rotatable bonds is 9. The van der Waals surface area contributed by atoms with Gasteiger partial charge in [-0.05, 0) is 65.7 Å². The van der Waals surface area contributed by atoms with Crippen molar-refractivity contribution in [2.45, 2.75) is 19.4 Å². The van der Waals surface area contributed by atoms with Gasteiger partial charge in [0.2, 0.25) is 0 Å². The minimum Gasteiger partial charge on any atom is -0.497 e. The van der Waals surface area contributed by atoms with E-state index in [0.29, 0.717) is 13.0 Å². The Hall–Kier alpha value is -3.79. The maximum absolute atomic E-state index is 13.2. The van der Waals surface area contributed by atoms with Crippen LogP contribution in [0, 0.1) is 0 Å². The zero-order chi connectivity index (χ0) is 22.3. The van der Waals surface area contributed by atoms with Gasteiger partial charge in [-0.1, -0.05) is 48.5 Å². The van der Waals surface area contributed by atoms with Gasteiger partial charge in [0.05, 0.1) is 19.8 Å². The molecule has 4 aromatic carbocycles. The lowest BCUT2D eigenvalue weighted by Crippen LogP contribution is -2.16. The van der Waals surface area contributed by atoms with E-state index in [4.69, 9.17) is 9.47 Å². The number of benzene rings is 4. The van der Waals surface area contributed by atoms with Gasteiger partial charge in [0.1, 0.15) is 11.5 Å². The third kappa shape index (κ3) is 5.09. The summed E-state index contributed by atoms with van der Waals surface area (Å²) in [4.78, 5) is 13.2. The first-order chi connectivity index (χ1) is 15.7. The first-order valence-electron chi connectivity index (χ1n) is 10.8. The van der Waals surface area contributed by atoms with E-state index in [0.717, 1.165) is 39.1 Å². The van der Waals surface area contributed by atoms with Crippen LogP contribution in [-0.2, 0) is 0 Å². The van der Waals surface area contributed by atoms with E-state index in [1.54, 1.807) is 7.11 Å². The molecule has 0 aliphatic carbocycles. The molecular formula is C28H27NO3. The molecule has 4 heteroatoms. The molecule has 4 nitrogen and oxygen atoms in total. The fourth-order valence-corrected chi connectivity index (χ4v) is 3.77. The summed E-state index contributed by atoms with van der Waals surface area (Å²) in [6, 6.07) is 29.4. The molecule has 0 saturated heterocycles. The molecule has 0 amide bonds. The summed E-state index contributed by atoms with van der Waals surface area (Å²) in [5, 5.41) is 5.72. The third-order valence-electron chi connectivity index (χ3n) is 5.49. The van der Waals surface area contributed by atoms with Gasteiger partial charge in [0, 0.05) is 17.7 Å². The highest BCUT2D eigenvalue weighted by molar-refractivity contribution is 6.00. The molecule has 0 radical (unpaired) electrons. The summed E-state index contributed by atoms with van der Waals surface area (Å²) in [6.07, 6.45) is 0.331. The van der Waals surface area contributed by atoms with Crippen LogP contribution in [0.4, 0.5) is 5.69 Å². The van der Waals surface area contributed by atoms with Crippen LogP contribution in [0.2, 0.25) is 0 Å². The van der Waals surface area contributed by atoms with Crippen LogP contribution in [0.15, 0.2) is 91.0 Å². The summed E-state index contributed by atoms with van der Waals surface area (Å²) in [5.41, 5.74) is 2.67. The Morgan fingerprint density at radius 2 is 1.53 bits per heavy atom. The van der Waals surface area contributed by atoms with Crippen molar-refractivity contribution in [3.63, 3.8) is 0 Å². The molecule has 0 aromatic heterocycles. The van der Waals surface area contributed by atoms with Crippen LogP contribution in [-0.4, -0.2) is 19.5 Å². The molecule has 0 aliphatic rings. The third-order valence-corrected chi connectivity index (χ3v) is 5.49. The zero-order valence-electron chi connectivity index (χ0n) is 18.4. The van der Waals surface area contributed by atoms with Crippen LogP contribution in [0.25, 0.3) is 10.8 Å². The van der Waals surface area contributed by atoms with Crippen molar-refractivity contribution in [3.8, 4) is 11.5 Å². The summed E-state index contributed by atoms with van der Waals surface area (Å²) in [7, 11) is 1.65. The Morgan fingerprint density at radius 3 is 2.22 bits per heavy atom. The Morgan fingerprint density at radius 1 is 0.844 bits per heavy atom. The van der Waals surface area contributed by atoms with E-state index in [1.807, 2.05) is 91.9 Å². The van der Waals surface area contributed by atoms with Crippen molar-refractivity contribution in [2.75, 3.05) is 19.0 Å². The SMILES string of the molecule is CCOc1ccc(NC(CC(=O)c2ccc3ccccc3c2)c2ccc(OC)cc2)cc1. The number of ether oxygens (including phenoxy) is 2. The molecule has 0 aliphatic heterocycles. The van der Waals surface area contributed by atoms with Crippen LogP contribution in [0.1, 0.15) is 35.3 Å². The van der Waals surface area contributed by atoms with Crippen molar-refractivity contribution >= 4 is 22.2 Å². The fraction of sp³-hybridized carbons (Fsp3) is 0.179. The van der Waals surface area contributed by atoms with Crippen LogP contribution >= 0.6 is 0 Å². The summed E-state index contributed by atoms with van der Waals surface area (Å²) in [5.74, 6) is 1.70. The van der Waals surface area contributed by atoms with E-state index < -0.39 is 0 Å². The highest BCUT2D eigenvalue weighted by Crippen LogP contribution is 2.28. The van der Waals surface area contributed by atoms with Crippen molar-refractivity contribution in [2.24, 2.45) is 0 Å². The molecule has 4 aromatic rings. The predicted octanol–water partition coefficient (Wildman–Crippen LogP) is 6.67. The second-order valence-corrected chi connectivity index (χ2v) is 7.62. The van der Waals surface area contributed by atoms with Gasteiger partial charge in [-0.3, -0.25) is 4.79 Å². The summed E-state index contributed by atoms with van der Waals surface area (Å²) >= 11 is 0. The molecule has 0 spiro atoms. The number of carbonyl (C=O) groups excluding carboxylic acids is 1. The smallest absolute Gasteiger partial charge is 0.165 e. The Labute approximate surface area is 188 Å². The van der Waals surface area contributed by atoms with Gasteiger partial charge in [0.25, 0.3) is 0 Å². The predicted molar refractivity (Wildman–Crippen MR) is 130 cm³/mol. The van der Waals surface area contributed by atoms with Crippen LogP contribution in [0.5, 0.6) is 11.5 Å². The average Bonchev–Trinajstić information content (AvgIpc) is 2.84. The van der Waals surface area contributed by atoms with E-state index >= 15 is 0 Å². The zero-order valence-corrected chi connectivity index (χ0v) is 18.4. The van der Waals surface area contributed by atoms with Crippen LogP contribution < -0.4 is 14.8 Å². The highest BCUT2D eigenvalue weighted by Gasteiger charge is 2.18. The van der Waals surface area contributed by atoms with Gasteiger partial charge < -0.3 is 14.8 Å². The van der Waals surface area contributed by atoms with E-state index in [1.165, 1.54) is 0 Å². The van der Waals surface area contributed by atoms with E-state index in [2.05, 4.69) is 11.4 Å². The second-order valence-electron chi connectivity index (χ2n) is 7.62. The highest BCUT2D eigenvalue weighted by atomic mass is 16.5. The Kier molecular flexibility index (Phi) is 6.71. The minimum absolute atomic E-state index is 0.0926. The topological polar surface area (TPSA) is 47.6 Å². The second kappa shape index (κ2) is 10.0. The maximum atomic E-state index is 13.2. The standard InChI is InChI=1S/C28H27NO3/c1-3-32-26-16-12-24(13-17-26)29-27(21-10-14-25(31-2)15-11-21)19-28(30)23-9-8-20-6-4-5-7-22(20)18-23/h4-18,27,29H,3,19H2,1-2H3. The Bertz CT molecular complexity index is 1180. The number of nitrogens with one attached hydrogen (secondary N) is 1. The molecule has 1 N–H and O–H groups in total. The molecule has 0 heterocycles.